The lowest BCUT2D eigenvalue weighted by molar-refractivity contribution is 0.668. The summed E-state index contributed by atoms with van der Waals surface area (Å²) >= 11 is 0. The maximum atomic E-state index is 6.44. The summed E-state index contributed by atoms with van der Waals surface area (Å²) in [5.41, 5.74) is 9.89. The zero-order valence-corrected chi connectivity index (χ0v) is 31.3. The third-order valence-corrected chi connectivity index (χ3v) is 11.6. The highest BCUT2D eigenvalue weighted by Crippen LogP contribution is 2.47. The van der Waals surface area contributed by atoms with Gasteiger partial charge in [0.2, 0.25) is 0 Å². The lowest BCUT2D eigenvalue weighted by atomic mass is 9.94. The first-order valence-corrected chi connectivity index (χ1v) is 19.7. The fraction of sp³-hybridized carbons (Fsp3) is 0. The molecule has 12 aromatic rings. The normalized spacial score (nSPS) is 11.8. The van der Waals surface area contributed by atoms with Gasteiger partial charge in [0.05, 0.1) is 11.4 Å². The zero-order chi connectivity index (χ0) is 38.2. The second kappa shape index (κ2) is 12.9. The minimum absolute atomic E-state index is 0.863. The number of fused-ring (bicyclic) bond motifs is 11. The zero-order valence-electron chi connectivity index (χ0n) is 31.3. The Morgan fingerprint density at radius 2 is 0.621 bits per heavy atom. The van der Waals surface area contributed by atoms with Crippen LogP contribution in [-0.4, -0.2) is 0 Å². The van der Waals surface area contributed by atoms with Gasteiger partial charge in [-0.05, 0) is 94.3 Å². The smallest absolute Gasteiger partial charge is 0.137 e. The molecular weight excluding hydrogens is 709 g/mol. The van der Waals surface area contributed by atoms with E-state index in [4.69, 9.17) is 8.83 Å². The number of hydrogen-bond donors (Lipinski definition) is 0. The van der Waals surface area contributed by atoms with Crippen molar-refractivity contribution in [3.05, 3.63) is 206 Å². The van der Waals surface area contributed by atoms with Gasteiger partial charge in [0, 0.05) is 67.2 Å². The summed E-state index contributed by atoms with van der Waals surface area (Å²) in [5, 5.41) is 11.5. The third kappa shape index (κ3) is 5.02. The van der Waals surface area contributed by atoms with Crippen molar-refractivity contribution in [1.29, 1.82) is 0 Å². The van der Waals surface area contributed by atoms with E-state index in [0.717, 1.165) is 83.4 Å². The van der Waals surface area contributed by atoms with Gasteiger partial charge in [-0.1, -0.05) is 121 Å². The lowest BCUT2D eigenvalue weighted by Crippen LogP contribution is -2.11. The standard InChI is InChI=1S/C54H34N2O2/c1-3-14-35(15-4-1)55(37-26-28-46-44-20-9-11-24-51(44)57-53(46)32-37)49-23-13-22-40-43(49)31-30-41-39-18-7-8-19-42(39)50(34-48(40)41)56(36-16-5-2-6-17-36)38-27-29-47-45-21-10-12-25-52(45)58-54(47)33-38/h1-34H. The van der Waals surface area contributed by atoms with Crippen LogP contribution in [0.25, 0.3) is 76.2 Å². The van der Waals surface area contributed by atoms with Crippen LogP contribution in [0.15, 0.2) is 215 Å². The monoisotopic (exact) mass is 742 g/mol. The van der Waals surface area contributed by atoms with Gasteiger partial charge in [-0.2, -0.15) is 0 Å². The van der Waals surface area contributed by atoms with Gasteiger partial charge < -0.3 is 18.6 Å². The Labute approximate surface area is 334 Å². The average molecular weight is 743 g/mol. The minimum Gasteiger partial charge on any atom is -0.456 e. The molecule has 0 atom stereocenters. The van der Waals surface area contributed by atoms with Crippen molar-refractivity contribution in [2.75, 3.05) is 9.80 Å². The van der Waals surface area contributed by atoms with Crippen LogP contribution >= 0.6 is 0 Å². The minimum atomic E-state index is 0.863. The molecule has 272 valence electrons. The highest BCUT2D eigenvalue weighted by atomic mass is 16.3. The molecule has 58 heavy (non-hydrogen) atoms. The van der Waals surface area contributed by atoms with Crippen LogP contribution in [0.2, 0.25) is 0 Å². The summed E-state index contributed by atoms with van der Waals surface area (Å²) in [6.45, 7) is 0. The number of benzene rings is 10. The van der Waals surface area contributed by atoms with E-state index < -0.39 is 0 Å². The molecule has 12 rings (SSSR count). The number of anilines is 6. The molecule has 4 nitrogen and oxygen atoms in total. The Morgan fingerprint density at radius 1 is 0.224 bits per heavy atom. The van der Waals surface area contributed by atoms with Crippen molar-refractivity contribution in [1.82, 2.24) is 0 Å². The molecule has 0 spiro atoms. The van der Waals surface area contributed by atoms with Gasteiger partial charge in [-0.25, -0.2) is 0 Å². The average Bonchev–Trinajstić information content (AvgIpc) is 3.85. The van der Waals surface area contributed by atoms with E-state index >= 15 is 0 Å². The first kappa shape index (κ1) is 32.4. The molecule has 0 N–H and O–H groups in total. The van der Waals surface area contributed by atoms with Crippen LogP contribution in [0.3, 0.4) is 0 Å². The van der Waals surface area contributed by atoms with Crippen molar-refractivity contribution in [3.63, 3.8) is 0 Å². The molecular formula is C54H34N2O2. The van der Waals surface area contributed by atoms with E-state index in [-0.39, 0.29) is 0 Å². The summed E-state index contributed by atoms with van der Waals surface area (Å²) in [6.07, 6.45) is 0. The molecule has 0 amide bonds. The number of hydrogen-bond acceptors (Lipinski definition) is 4. The third-order valence-electron chi connectivity index (χ3n) is 11.6. The molecule has 0 radical (unpaired) electrons. The van der Waals surface area contributed by atoms with Crippen LogP contribution in [0.1, 0.15) is 0 Å². The Bertz CT molecular complexity index is 3530. The molecule has 0 aliphatic carbocycles. The summed E-state index contributed by atoms with van der Waals surface area (Å²) < 4.78 is 12.9. The largest absolute Gasteiger partial charge is 0.456 e. The Balaban J connectivity index is 1.10. The highest BCUT2D eigenvalue weighted by Gasteiger charge is 2.22. The van der Waals surface area contributed by atoms with Gasteiger partial charge in [0.15, 0.2) is 0 Å². The van der Waals surface area contributed by atoms with Crippen LogP contribution in [0.5, 0.6) is 0 Å². The Morgan fingerprint density at radius 3 is 1.22 bits per heavy atom. The molecule has 0 aliphatic heterocycles. The van der Waals surface area contributed by atoms with Gasteiger partial charge in [-0.15, -0.1) is 0 Å². The molecule has 2 aromatic heterocycles. The van der Waals surface area contributed by atoms with E-state index in [0.29, 0.717) is 0 Å². The lowest BCUT2D eigenvalue weighted by Gasteiger charge is -2.28. The van der Waals surface area contributed by atoms with Gasteiger partial charge in [0.25, 0.3) is 0 Å². The van der Waals surface area contributed by atoms with E-state index in [2.05, 4.69) is 192 Å². The fourth-order valence-electron chi connectivity index (χ4n) is 9.01. The van der Waals surface area contributed by atoms with Gasteiger partial charge >= 0.3 is 0 Å². The highest BCUT2D eigenvalue weighted by molar-refractivity contribution is 6.23. The summed E-state index contributed by atoms with van der Waals surface area (Å²) in [7, 11) is 0. The molecule has 0 saturated heterocycles. The van der Waals surface area contributed by atoms with Crippen LogP contribution in [0, 0.1) is 0 Å². The number of furan rings is 2. The van der Waals surface area contributed by atoms with E-state index in [1.807, 2.05) is 24.3 Å². The van der Waals surface area contributed by atoms with Crippen molar-refractivity contribution < 1.29 is 8.83 Å². The predicted octanol–water partition coefficient (Wildman–Crippen LogP) is 15.9. The molecule has 0 bridgehead atoms. The Kier molecular flexibility index (Phi) is 7.20. The molecule has 4 heteroatoms. The molecule has 0 fully saturated rings. The number of nitrogens with zero attached hydrogens (tertiary/aromatic N) is 2. The van der Waals surface area contributed by atoms with Crippen LogP contribution in [0.4, 0.5) is 34.1 Å². The fourth-order valence-corrected chi connectivity index (χ4v) is 9.01. The second-order valence-corrected chi connectivity index (χ2v) is 14.9. The SMILES string of the molecule is c1ccc(N(c2ccc3c(c2)oc2ccccc23)c2cc3c4cccc(N(c5ccccc5)c5ccc6c(c5)oc5ccccc56)c4ccc3c3ccccc23)cc1. The molecule has 0 unspecified atom stereocenters. The van der Waals surface area contributed by atoms with Crippen molar-refractivity contribution in [2.45, 2.75) is 0 Å². The van der Waals surface area contributed by atoms with Crippen molar-refractivity contribution in [3.8, 4) is 0 Å². The maximum Gasteiger partial charge on any atom is 0.137 e. The van der Waals surface area contributed by atoms with E-state index in [9.17, 15) is 0 Å². The molecule has 0 saturated carbocycles. The molecule has 0 aliphatic rings. The van der Waals surface area contributed by atoms with Crippen molar-refractivity contribution in [2.24, 2.45) is 0 Å². The van der Waals surface area contributed by atoms with E-state index in [1.54, 1.807) is 0 Å². The van der Waals surface area contributed by atoms with Gasteiger partial charge in [0.1, 0.15) is 22.3 Å². The first-order valence-electron chi connectivity index (χ1n) is 19.7. The summed E-state index contributed by atoms with van der Waals surface area (Å²) in [5.74, 6) is 0. The number of rotatable bonds is 6. The van der Waals surface area contributed by atoms with E-state index in [1.165, 1.54) is 26.9 Å². The molecule has 2 heterocycles. The topological polar surface area (TPSA) is 32.8 Å². The first-order chi connectivity index (χ1) is 28.8. The maximum absolute atomic E-state index is 6.44. The van der Waals surface area contributed by atoms with Crippen molar-refractivity contribution >= 4 is 110 Å². The number of para-hydroxylation sites is 4. The van der Waals surface area contributed by atoms with Gasteiger partial charge in [-0.3, -0.25) is 0 Å². The van der Waals surface area contributed by atoms with Crippen LogP contribution in [-0.2, 0) is 0 Å². The summed E-state index contributed by atoms with van der Waals surface area (Å²) in [4.78, 5) is 4.72. The molecule has 10 aromatic carbocycles. The summed E-state index contributed by atoms with van der Waals surface area (Å²) in [6, 6.07) is 73.3. The quantitative estimate of drug-likeness (QED) is 0.159. The second-order valence-electron chi connectivity index (χ2n) is 14.9. The van der Waals surface area contributed by atoms with Crippen LogP contribution < -0.4 is 9.80 Å². The Hall–Kier alpha value is -7.82. The predicted molar refractivity (Wildman–Crippen MR) is 243 cm³/mol.